The number of thiazole rings is 1. The predicted octanol–water partition coefficient (Wildman–Crippen LogP) is 3.33. The Hall–Kier alpha value is -1.82. The number of ether oxygens (including phenoxy) is 1. The lowest BCUT2D eigenvalue weighted by atomic mass is 10.3. The Labute approximate surface area is 109 Å². The molecule has 94 valence electrons. The van der Waals surface area contributed by atoms with Gasteiger partial charge in [0.25, 0.3) is 0 Å². The summed E-state index contributed by atoms with van der Waals surface area (Å²) in [7, 11) is 0. The second kappa shape index (κ2) is 5.68. The monoisotopic (exact) mass is 263 g/mol. The Morgan fingerprint density at radius 2 is 2.39 bits per heavy atom. The summed E-state index contributed by atoms with van der Waals surface area (Å²) in [6.45, 7) is 3.77. The topological polar surface area (TPSA) is 63.9 Å². The summed E-state index contributed by atoms with van der Waals surface area (Å²) in [5.74, 6) is -0.365. The van der Waals surface area contributed by atoms with Gasteiger partial charge in [0.05, 0.1) is 28.0 Å². The molecule has 0 radical (unpaired) electrons. The van der Waals surface area contributed by atoms with Crippen LogP contribution in [0, 0.1) is 0 Å². The highest BCUT2D eigenvalue weighted by Crippen LogP contribution is 2.23. The molecule has 0 spiro atoms. The van der Waals surface area contributed by atoms with Gasteiger partial charge in [0.1, 0.15) is 0 Å². The molecule has 18 heavy (non-hydrogen) atoms. The average molecular weight is 263 g/mol. The molecular formula is C12H13N3O2S. The molecule has 0 aliphatic carbocycles. The molecule has 0 N–H and O–H groups in total. The van der Waals surface area contributed by atoms with E-state index in [-0.39, 0.29) is 5.97 Å². The highest BCUT2D eigenvalue weighted by Gasteiger charge is 2.12. The van der Waals surface area contributed by atoms with Gasteiger partial charge in [-0.05, 0) is 32.0 Å². The van der Waals surface area contributed by atoms with E-state index in [9.17, 15) is 4.79 Å². The number of carbonyl (C=O) groups excluding carboxylic acids is 1. The van der Waals surface area contributed by atoms with Crippen LogP contribution >= 0.6 is 11.3 Å². The average Bonchev–Trinajstić information content (AvgIpc) is 2.83. The van der Waals surface area contributed by atoms with Crippen LogP contribution in [0.3, 0.4) is 0 Å². The van der Waals surface area contributed by atoms with Crippen LogP contribution in [0.2, 0.25) is 0 Å². The zero-order valence-corrected chi connectivity index (χ0v) is 11.0. The standard InChI is InChI=1S/C12H13N3O2S/c1-3-17-12(16)8(2)14-15-9-4-5-11-10(6-9)13-7-18-11/h4-8H,3H2,1-2H3. The predicted molar refractivity (Wildman–Crippen MR) is 70.2 cm³/mol. The number of carbonyl (C=O) groups is 1. The summed E-state index contributed by atoms with van der Waals surface area (Å²) < 4.78 is 5.95. The summed E-state index contributed by atoms with van der Waals surface area (Å²) in [6, 6.07) is 5.04. The van der Waals surface area contributed by atoms with Gasteiger partial charge < -0.3 is 4.74 Å². The highest BCUT2D eigenvalue weighted by molar-refractivity contribution is 7.16. The van der Waals surface area contributed by atoms with Gasteiger partial charge in [-0.3, -0.25) is 0 Å². The number of fused-ring (bicyclic) bond motifs is 1. The van der Waals surface area contributed by atoms with Crippen molar-refractivity contribution in [3.63, 3.8) is 0 Å². The molecule has 0 fully saturated rings. The molecule has 1 aromatic heterocycles. The van der Waals surface area contributed by atoms with Gasteiger partial charge in [-0.15, -0.1) is 11.3 Å². The lowest BCUT2D eigenvalue weighted by Crippen LogP contribution is -2.17. The molecule has 0 aliphatic heterocycles. The first-order valence-corrected chi connectivity index (χ1v) is 6.49. The Bertz CT molecular complexity index is 579. The SMILES string of the molecule is CCOC(=O)C(C)N=Nc1ccc2scnc2c1. The number of aromatic nitrogens is 1. The molecule has 0 saturated heterocycles. The third kappa shape index (κ3) is 2.89. The van der Waals surface area contributed by atoms with Gasteiger partial charge >= 0.3 is 5.97 Å². The van der Waals surface area contributed by atoms with Crippen LogP contribution < -0.4 is 0 Å². The molecule has 1 atom stereocenters. The number of azo groups is 1. The van der Waals surface area contributed by atoms with Crippen LogP contribution in [-0.4, -0.2) is 23.6 Å². The molecule has 0 aliphatic rings. The van der Waals surface area contributed by atoms with Crippen LogP contribution in [-0.2, 0) is 9.53 Å². The Morgan fingerprint density at radius 3 is 3.17 bits per heavy atom. The van der Waals surface area contributed by atoms with Crippen molar-refractivity contribution in [1.82, 2.24) is 4.98 Å². The van der Waals surface area contributed by atoms with Crippen molar-refractivity contribution >= 4 is 33.2 Å². The highest BCUT2D eigenvalue weighted by atomic mass is 32.1. The van der Waals surface area contributed by atoms with E-state index >= 15 is 0 Å². The van der Waals surface area contributed by atoms with E-state index in [2.05, 4.69) is 15.2 Å². The van der Waals surface area contributed by atoms with E-state index in [0.29, 0.717) is 12.3 Å². The van der Waals surface area contributed by atoms with Gasteiger partial charge in [-0.2, -0.15) is 10.2 Å². The van der Waals surface area contributed by atoms with Gasteiger partial charge in [0, 0.05) is 0 Å². The first-order chi connectivity index (χ1) is 8.70. The second-order valence-corrected chi connectivity index (χ2v) is 4.53. The molecule has 0 bridgehead atoms. The number of rotatable bonds is 4. The number of benzene rings is 1. The third-order valence-electron chi connectivity index (χ3n) is 2.29. The maximum atomic E-state index is 11.3. The van der Waals surface area contributed by atoms with Crippen molar-refractivity contribution in [3.8, 4) is 0 Å². The van der Waals surface area contributed by atoms with E-state index in [1.165, 1.54) is 0 Å². The molecule has 6 heteroatoms. The van der Waals surface area contributed by atoms with E-state index in [1.54, 1.807) is 30.7 Å². The number of hydrogen-bond donors (Lipinski definition) is 0. The molecule has 2 rings (SSSR count). The van der Waals surface area contributed by atoms with Gasteiger partial charge in [0.2, 0.25) is 0 Å². The minimum atomic E-state index is -0.587. The summed E-state index contributed by atoms with van der Waals surface area (Å²) in [5, 5.41) is 7.96. The number of hydrogen-bond acceptors (Lipinski definition) is 6. The van der Waals surface area contributed by atoms with Gasteiger partial charge in [-0.1, -0.05) is 0 Å². The van der Waals surface area contributed by atoms with Crippen molar-refractivity contribution in [2.45, 2.75) is 19.9 Å². The zero-order chi connectivity index (χ0) is 13.0. The van der Waals surface area contributed by atoms with Crippen LogP contribution in [0.1, 0.15) is 13.8 Å². The Kier molecular flexibility index (Phi) is 3.99. The van der Waals surface area contributed by atoms with Crippen molar-refractivity contribution in [2.75, 3.05) is 6.61 Å². The van der Waals surface area contributed by atoms with E-state index < -0.39 is 6.04 Å². The molecule has 1 aromatic carbocycles. The summed E-state index contributed by atoms with van der Waals surface area (Å²) in [5.41, 5.74) is 3.36. The van der Waals surface area contributed by atoms with Crippen molar-refractivity contribution in [2.24, 2.45) is 10.2 Å². The molecular weight excluding hydrogens is 250 g/mol. The molecule has 0 amide bonds. The first kappa shape index (κ1) is 12.6. The lowest BCUT2D eigenvalue weighted by molar-refractivity contribution is -0.144. The molecule has 1 heterocycles. The lowest BCUT2D eigenvalue weighted by Gasteiger charge is -2.03. The quantitative estimate of drug-likeness (QED) is 0.627. The van der Waals surface area contributed by atoms with Crippen LogP contribution in [0.25, 0.3) is 10.2 Å². The summed E-state index contributed by atoms with van der Waals surface area (Å²) in [6.07, 6.45) is 0. The maximum absolute atomic E-state index is 11.3. The fraction of sp³-hybridized carbons (Fsp3) is 0.333. The fourth-order valence-electron chi connectivity index (χ4n) is 1.37. The van der Waals surface area contributed by atoms with Crippen molar-refractivity contribution in [3.05, 3.63) is 23.7 Å². The molecule has 2 aromatic rings. The fourth-order valence-corrected chi connectivity index (χ4v) is 2.03. The minimum absolute atomic E-state index is 0.351. The first-order valence-electron chi connectivity index (χ1n) is 5.61. The van der Waals surface area contributed by atoms with Crippen molar-refractivity contribution < 1.29 is 9.53 Å². The number of esters is 1. The molecule has 5 nitrogen and oxygen atoms in total. The van der Waals surface area contributed by atoms with E-state index in [4.69, 9.17) is 4.74 Å². The maximum Gasteiger partial charge on any atom is 0.332 e. The van der Waals surface area contributed by atoms with Gasteiger partial charge in [-0.25, -0.2) is 9.78 Å². The normalized spacial score (nSPS) is 13.0. The van der Waals surface area contributed by atoms with E-state index in [0.717, 1.165) is 10.2 Å². The van der Waals surface area contributed by atoms with Crippen LogP contribution in [0.5, 0.6) is 0 Å². The summed E-state index contributed by atoms with van der Waals surface area (Å²) >= 11 is 1.57. The Morgan fingerprint density at radius 1 is 1.56 bits per heavy atom. The van der Waals surface area contributed by atoms with E-state index in [1.807, 2.05) is 18.2 Å². The van der Waals surface area contributed by atoms with Gasteiger partial charge in [0.15, 0.2) is 6.04 Å². The molecule has 1 unspecified atom stereocenters. The molecule has 0 saturated carbocycles. The largest absolute Gasteiger partial charge is 0.464 e. The number of nitrogens with zero attached hydrogens (tertiary/aromatic N) is 3. The zero-order valence-electron chi connectivity index (χ0n) is 10.2. The third-order valence-corrected chi connectivity index (χ3v) is 3.10. The smallest absolute Gasteiger partial charge is 0.332 e. The van der Waals surface area contributed by atoms with Crippen LogP contribution in [0.4, 0.5) is 5.69 Å². The summed E-state index contributed by atoms with van der Waals surface area (Å²) in [4.78, 5) is 15.5. The van der Waals surface area contributed by atoms with Crippen LogP contribution in [0.15, 0.2) is 33.9 Å². The minimum Gasteiger partial charge on any atom is -0.464 e. The van der Waals surface area contributed by atoms with Crippen molar-refractivity contribution in [1.29, 1.82) is 0 Å². The second-order valence-electron chi connectivity index (χ2n) is 3.65. The Balaban J connectivity index is 2.10.